The molecular formula is C21H21FN2O3. The zero-order chi connectivity index (χ0) is 19.7. The van der Waals surface area contributed by atoms with Crippen LogP contribution in [0.3, 0.4) is 0 Å². The highest BCUT2D eigenvalue weighted by Gasteiger charge is 2.42. The number of rotatable bonds is 5. The molecule has 0 fully saturated rings. The van der Waals surface area contributed by atoms with Crippen molar-refractivity contribution in [3.05, 3.63) is 65.0 Å². The van der Waals surface area contributed by atoms with Crippen LogP contribution in [0.5, 0.6) is 0 Å². The molecule has 6 heteroatoms. The van der Waals surface area contributed by atoms with Crippen LogP contribution >= 0.6 is 0 Å². The smallest absolute Gasteiger partial charge is 0.262 e. The van der Waals surface area contributed by atoms with Gasteiger partial charge in [0.1, 0.15) is 11.9 Å². The number of hydrogen-bond donors (Lipinski definition) is 1. The number of nitrogens with zero attached hydrogens (tertiary/aromatic N) is 1. The fraction of sp³-hybridized carbons (Fsp3) is 0.286. The Hall–Kier alpha value is -3.02. The first-order chi connectivity index (χ1) is 12.8. The first-order valence-electron chi connectivity index (χ1n) is 8.83. The maximum Gasteiger partial charge on any atom is 0.262 e. The van der Waals surface area contributed by atoms with Crippen molar-refractivity contribution in [1.29, 1.82) is 0 Å². The van der Waals surface area contributed by atoms with Gasteiger partial charge in [0.05, 0.1) is 11.1 Å². The lowest BCUT2D eigenvalue weighted by atomic mass is 10.0. The van der Waals surface area contributed by atoms with E-state index in [0.29, 0.717) is 28.8 Å². The third-order valence-corrected chi connectivity index (χ3v) is 4.58. The lowest BCUT2D eigenvalue weighted by molar-refractivity contribution is -0.120. The van der Waals surface area contributed by atoms with Crippen LogP contribution in [0.1, 0.15) is 46.5 Å². The molecule has 5 nitrogen and oxygen atoms in total. The molecule has 0 saturated carbocycles. The van der Waals surface area contributed by atoms with Crippen molar-refractivity contribution in [2.45, 2.75) is 33.2 Å². The van der Waals surface area contributed by atoms with Gasteiger partial charge in [-0.05, 0) is 55.2 Å². The molecule has 1 aliphatic rings. The highest BCUT2D eigenvalue weighted by atomic mass is 19.1. The lowest BCUT2D eigenvalue weighted by Crippen LogP contribution is -2.48. The monoisotopic (exact) mass is 368 g/mol. The molecule has 0 aliphatic carbocycles. The van der Waals surface area contributed by atoms with Crippen LogP contribution in [0.25, 0.3) is 0 Å². The molecular weight excluding hydrogens is 347 g/mol. The molecule has 0 spiro atoms. The van der Waals surface area contributed by atoms with E-state index in [-0.39, 0.29) is 5.92 Å². The summed E-state index contributed by atoms with van der Waals surface area (Å²) in [6.07, 6.45) is 0.331. The molecule has 2 aromatic carbocycles. The van der Waals surface area contributed by atoms with Crippen LogP contribution < -0.4 is 5.32 Å². The number of benzene rings is 2. The van der Waals surface area contributed by atoms with E-state index < -0.39 is 29.6 Å². The summed E-state index contributed by atoms with van der Waals surface area (Å²) in [6.45, 7) is 5.52. The summed E-state index contributed by atoms with van der Waals surface area (Å²) in [4.78, 5) is 39.6. The summed E-state index contributed by atoms with van der Waals surface area (Å²) >= 11 is 0. The molecule has 1 heterocycles. The topological polar surface area (TPSA) is 66.5 Å². The Morgan fingerprint density at radius 2 is 1.67 bits per heavy atom. The van der Waals surface area contributed by atoms with Crippen LogP contribution in [-0.2, 0) is 4.79 Å². The van der Waals surface area contributed by atoms with Crippen LogP contribution in [0.15, 0.2) is 42.5 Å². The molecule has 1 N–H and O–H groups in total. The summed E-state index contributed by atoms with van der Waals surface area (Å²) < 4.78 is 13.3. The van der Waals surface area contributed by atoms with Gasteiger partial charge in [0.2, 0.25) is 5.91 Å². The summed E-state index contributed by atoms with van der Waals surface area (Å²) in [5.41, 5.74) is 1.63. The van der Waals surface area contributed by atoms with E-state index in [1.165, 1.54) is 18.2 Å². The zero-order valence-corrected chi connectivity index (χ0v) is 15.5. The van der Waals surface area contributed by atoms with Gasteiger partial charge >= 0.3 is 0 Å². The van der Waals surface area contributed by atoms with Gasteiger partial charge in [-0.25, -0.2) is 4.39 Å². The summed E-state index contributed by atoms with van der Waals surface area (Å²) in [5, 5.41) is 2.74. The van der Waals surface area contributed by atoms with E-state index in [1.807, 2.05) is 13.8 Å². The van der Waals surface area contributed by atoms with E-state index in [1.54, 1.807) is 31.2 Å². The number of amides is 3. The molecule has 0 saturated heterocycles. The van der Waals surface area contributed by atoms with Crippen LogP contribution in [0.4, 0.5) is 10.1 Å². The Balaban J connectivity index is 1.91. The van der Waals surface area contributed by atoms with Gasteiger partial charge in [0.25, 0.3) is 11.8 Å². The van der Waals surface area contributed by atoms with Crippen molar-refractivity contribution in [2.24, 2.45) is 5.92 Å². The molecule has 0 unspecified atom stereocenters. The molecule has 27 heavy (non-hydrogen) atoms. The number of halogens is 1. The van der Waals surface area contributed by atoms with Gasteiger partial charge in [0.15, 0.2) is 0 Å². The van der Waals surface area contributed by atoms with Gasteiger partial charge < -0.3 is 5.32 Å². The molecule has 3 rings (SSSR count). The van der Waals surface area contributed by atoms with Crippen molar-refractivity contribution in [3.8, 4) is 0 Å². The number of carbonyl (C=O) groups is 3. The number of aryl methyl sites for hydroxylation is 1. The van der Waals surface area contributed by atoms with Gasteiger partial charge in [0, 0.05) is 5.69 Å². The molecule has 0 bridgehead atoms. The number of fused-ring (bicyclic) bond motifs is 1. The minimum atomic E-state index is -0.943. The van der Waals surface area contributed by atoms with Crippen molar-refractivity contribution >= 4 is 23.4 Å². The molecule has 0 radical (unpaired) electrons. The Labute approximate surface area is 157 Å². The third kappa shape index (κ3) is 3.60. The number of imide groups is 1. The van der Waals surface area contributed by atoms with Gasteiger partial charge in [-0.1, -0.05) is 26.0 Å². The highest BCUT2D eigenvalue weighted by molar-refractivity contribution is 6.23. The average molecular weight is 368 g/mol. The van der Waals surface area contributed by atoms with Crippen molar-refractivity contribution in [2.75, 3.05) is 5.32 Å². The van der Waals surface area contributed by atoms with Crippen LogP contribution in [0.2, 0.25) is 0 Å². The largest absolute Gasteiger partial charge is 0.324 e. The van der Waals surface area contributed by atoms with Crippen molar-refractivity contribution in [1.82, 2.24) is 4.90 Å². The summed E-state index contributed by atoms with van der Waals surface area (Å²) in [5.74, 6) is -1.71. The second-order valence-electron chi connectivity index (χ2n) is 7.12. The zero-order valence-electron chi connectivity index (χ0n) is 15.5. The van der Waals surface area contributed by atoms with Gasteiger partial charge in [-0.3, -0.25) is 19.3 Å². The molecule has 1 aliphatic heterocycles. The minimum Gasteiger partial charge on any atom is -0.324 e. The Morgan fingerprint density at radius 3 is 2.19 bits per heavy atom. The Kier molecular flexibility index (Phi) is 5.08. The maximum atomic E-state index is 13.3. The van der Waals surface area contributed by atoms with Crippen LogP contribution in [0, 0.1) is 18.7 Å². The average Bonchev–Trinajstić information content (AvgIpc) is 2.86. The first-order valence-corrected chi connectivity index (χ1v) is 8.83. The molecule has 0 aromatic heterocycles. The van der Waals surface area contributed by atoms with E-state index >= 15 is 0 Å². The van der Waals surface area contributed by atoms with Gasteiger partial charge in [-0.15, -0.1) is 0 Å². The third-order valence-electron chi connectivity index (χ3n) is 4.58. The SMILES string of the molecule is Cc1cc(F)ccc1NC(=O)[C@H](CC(C)C)N1C(=O)c2ccccc2C1=O. The van der Waals surface area contributed by atoms with E-state index in [4.69, 9.17) is 0 Å². The highest BCUT2D eigenvalue weighted by Crippen LogP contribution is 2.28. The van der Waals surface area contributed by atoms with Crippen molar-refractivity contribution in [3.63, 3.8) is 0 Å². The molecule has 2 aromatic rings. The molecule has 140 valence electrons. The number of carbonyl (C=O) groups excluding carboxylic acids is 3. The van der Waals surface area contributed by atoms with E-state index in [0.717, 1.165) is 4.90 Å². The first kappa shape index (κ1) is 18.8. The van der Waals surface area contributed by atoms with Crippen LogP contribution in [-0.4, -0.2) is 28.7 Å². The van der Waals surface area contributed by atoms with E-state index in [2.05, 4.69) is 5.32 Å². The Bertz CT molecular complexity index is 888. The van der Waals surface area contributed by atoms with Gasteiger partial charge in [-0.2, -0.15) is 0 Å². The standard InChI is InChI=1S/C21H21FN2O3/c1-12(2)10-18(19(25)23-17-9-8-14(22)11-13(17)3)24-20(26)15-6-4-5-7-16(15)21(24)27/h4-9,11-12,18H,10H2,1-3H3,(H,23,25)/t18-/m0/s1. The molecule has 3 amide bonds. The molecule has 1 atom stereocenters. The number of nitrogens with one attached hydrogen (secondary N) is 1. The van der Waals surface area contributed by atoms with Crippen molar-refractivity contribution < 1.29 is 18.8 Å². The quantitative estimate of drug-likeness (QED) is 0.817. The maximum absolute atomic E-state index is 13.3. The van der Waals surface area contributed by atoms with E-state index in [9.17, 15) is 18.8 Å². The summed E-state index contributed by atoms with van der Waals surface area (Å²) in [6, 6.07) is 9.64. The normalized spacial score (nSPS) is 14.5. The number of anilines is 1. The number of hydrogen-bond acceptors (Lipinski definition) is 3. The second-order valence-corrected chi connectivity index (χ2v) is 7.12. The predicted octanol–water partition coefficient (Wildman–Crippen LogP) is 3.78. The predicted molar refractivity (Wildman–Crippen MR) is 100.0 cm³/mol. The fourth-order valence-electron chi connectivity index (χ4n) is 3.25. The fourth-order valence-corrected chi connectivity index (χ4v) is 3.25. The minimum absolute atomic E-state index is 0.0828. The summed E-state index contributed by atoms with van der Waals surface area (Å²) in [7, 11) is 0. The second kappa shape index (κ2) is 7.31. The lowest BCUT2D eigenvalue weighted by Gasteiger charge is -2.27. The Morgan fingerprint density at radius 1 is 1.07 bits per heavy atom.